The highest BCUT2D eigenvalue weighted by atomic mass is 16.4. The van der Waals surface area contributed by atoms with E-state index in [0.29, 0.717) is 6.54 Å². The number of aliphatic hydroxyl groups excluding tert-OH is 1. The molecule has 11 heavy (non-hydrogen) atoms. The third-order valence-electron chi connectivity index (χ3n) is 1.31. The van der Waals surface area contributed by atoms with E-state index < -0.39 is 5.97 Å². The van der Waals surface area contributed by atoms with Gasteiger partial charge in [-0.1, -0.05) is 13.8 Å². The van der Waals surface area contributed by atoms with Crippen LogP contribution < -0.4 is 5.32 Å². The van der Waals surface area contributed by atoms with E-state index in [-0.39, 0.29) is 18.6 Å². The molecular formula is C7H15NO3. The van der Waals surface area contributed by atoms with Gasteiger partial charge in [0.1, 0.15) is 0 Å². The maximum absolute atomic E-state index is 10.0. The fourth-order valence-corrected chi connectivity index (χ4v) is 0.564. The minimum atomic E-state index is -0.876. The van der Waals surface area contributed by atoms with Gasteiger partial charge in [-0.2, -0.15) is 0 Å². The molecule has 0 aliphatic heterocycles. The van der Waals surface area contributed by atoms with Crippen LogP contribution in [-0.4, -0.2) is 35.9 Å². The zero-order valence-electron chi connectivity index (χ0n) is 6.92. The summed E-state index contributed by atoms with van der Waals surface area (Å²) in [7, 11) is 0. The standard InChI is InChI=1S/C7H15NO3/c1-7(2,5-9)4-8-3-6(10)11/h8-9H,3-5H2,1-2H3,(H,10,11). The Bertz CT molecular complexity index is 134. The maximum Gasteiger partial charge on any atom is 0.317 e. The first kappa shape index (κ1) is 10.4. The van der Waals surface area contributed by atoms with E-state index in [4.69, 9.17) is 10.2 Å². The summed E-state index contributed by atoms with van der Waals surface area (Å²) in [4.78, 5) is 10.0. The summed E-state index contributed by atoms with van der Waals surface area (Å²) in [6.07, 6.45) is 0. The molecule has 0 saturated carbocycles. The predicted octanol–water partition coefficient (Wildman–Crippen LogP) is -0.321. The van der Waals surface area contributed by atoms with Crippen LogP contribution in [0.5, 0.6) is 0 Å². The van der Waals surface area contributed by atoms with Crippen LogP contribution in [0.25, 0.3) is 0 Å². The Hall–Kier alpha value is -0.610. The van der Waals surface area contributed by atoms with E-state index in [2.05, 4.69) is 5.32 Å². The first-order chi connectivity index (χ1) is 4.98. The van der Waals surface area contributed by atoms with Gasteiger partial charge in [0.2, 0.25) is 0 Å². The lowest BCUT2D eigenvalue weighted by atomic mass is 9.95. The number of hydrogen-bond donors (Lipinski definition) is 3. The van der Waals surface area contributed by atoms with Crippen molar-refractivity contribution in [3.8, 4) is 0 Å². The number of carboxylic acids is 1. The highest BCUT2D eigenvalue weighted by molar-refractivity contribution is 5.68. The van der Waals surface area contributed by atoms with Gasteiger partial charge in [-0.15, -0.1) is 0 Å². The lowest BCUT2D eigenvalue weighted by Crippen LogP contribution is -2.35. The molecule has 0 aromatic carbocycles. The van der Waals surface area contributed by atoms with Crippen molar-refractivity contribution < 1.29 is 15.0 Å². The van der Waals surface area contributed by atoms with Crippen LogP contribution in [-0.2, 0) is 4.79 Å². The molecule has 0 unspecified atom stereocenters. The van der Waals surface area contributed by atoms with Crippen molar-refractivity contribution >= 4 is 5.97 Å². The molecule has 0 bridgehead atoms. The Labute approximate surface area is 66.2 Å². The number of carboxylic acid groups (broad SMARTS) is 1. The number of aliphatic carboxylic acids is 1. The Kier molecular flexibility index (Phi) is 4.07. The maximum atomic E-state index is 10.0. The molecule has 66 valence electrons. The van der Waals surface area contributed by atoms with Crippen LogP contribution in [0.4, 0.5) is 0 Å². The van der Waals surface area contributed by atoms with Gasteiger partial charge in [0.15, 0.2) is 0 Å². The van der Waals surface area contributed by atoms with Crippen molar-refractivity contribution in [1.29, 1.82) is 0 Å². The molecular weight excluding hydrogens is 146 g/mol. The minimum Gasteiger partial charge on any atom is -0.480 e. The second-order valence-electron chi connectivity index (χ2n) is 3.32. The Morgan fingerprint density at radius 3 is 2.45 bits per heavy atom. The summed E-state index contributed by atoms with van der Waals surface area (Å²) < 4.78 is 0. The summed E-state index contributed by atoms with van der Waals surface area (Å²) in [5.74, 6) is -0.876. The molecule has 0 atom stereocenters. The average molecular weight is 161 g/mol. The van der Waals surface area contributed by atoms with Crippen molar-refractivity contribution in [2.24, 2.45) is 5.41 Å². The quantitative estimate of drug-likeness (QED) is 0.517. The highest BCUT2D eigenvalue weighted by Gasteiger charge is 2.15. The van der Waals surface area contributed by atoms with Crippen LogP contribution in [0.15, 0.2) is 0 Å². The molecule has 4 heteroatoms. The highest BCUT2D eigenvalue weighted by Crippen LogP contribution is 2.10. The van der Waals surface area contributed by atoms with Crippen LogP contribution >= 0.6 is 0 Å². The van der Waals surface area contributed by atoms with Gasteiger partial charge in [0, 0.05) is 18.6 Å². The summed E-state index contributed by atoms with van der Waals surface area (Å²) in [6, 6.07) is 0. The van der Waals surface area contributed by atoms with E-state index in [1.165, 1.54) is 0 Å². The van der Waals surface area contributed by atoms with E-state index in [9.17, 15) is 4.79 Å². The number of rotatable bonds is 5. The van der Waals surface area contributed by atoms with Gasteiger partial charge in [-0.3, -0.25) is 4.79 Å². The van der Waals surface area contributed by atoms with Crippen LogP contribution in [0, 0.1) is 5.41 Å². The van der Waals surface area contributed by atoms with Crippen molar-refractivity contribution in [3.63, 3.8) is 0 Å². The van der Waals surface area contributed by atoms with E-state index in [0.717, 1.165) is 0 Å². The fraction of sp³-hybridized carbons (Fsp3) is 0.857. The van der Waals surface area contributed by atoms with Crippen LogP contribution in [0.2, 0.25) is 0 Å². The molecule has 0 rings (SSSR count). The molecule has 0 fully saturated rings. The van der Waals surface area contributed by atoms with Gasteiger partial charge in [-0.25, -0.2) is 0 Å². The predicted molar refractivity (Wildman–Crippen MR) is 41.4 cm³/mol. The first-order valence-corrected chi connectivity index (χ1v) is 3.51. The number of aliphatic hydroxyl groups is 1. The number of nitrogens with one attached hydrogen (secondary N) is 1. The summed E-state index contributed by atoms with van der Waals surface area (Å²) in [5, 5.41) is 19.7. The summed E-state index contributed by atoms with van der Waals surface area (Å²) in [6.45, 7) is 4.24. The summed E-state index contributed by atoms with van der Waals surface area (Å²) >= 11 is 0. The van der Waals surface area contributed by atoms with Crippen molar-refractivity contribution in [1.82, 2.24) is 5.32 Å². The second kappa shape index (κ2) is 4.31. The van der Waals surface area contributed by atoms with Crippen LogP contribution in [0.3, 0.4) is 0 Å². The third kappa shape index (κ3) is 5.82. The molecule has 0 aromatic heterocycles. The van der Waals surface area contributed by atoms with E-state index in [1.54, 1.807) is 0 Å². The third-order valence-corrected chi connectivity index (χ3v) is 1.31. The van der Waals surface area contributed by atoms with E-state index in [1.807, 2.05) is 13.8 Å². The summed E-state index contributed by atoms with van der Waals surface area (Å²) in [5.41, 5.74) is -0.241. The van der Waals surface area contributed by atoms with Crippen molar-refractivity contribution in [2.75, 3.05) is 19.7 Å². The lowest BCUT2D eigenvalue weighted by Gasteiger charge is -2.21. The van der Waals surface area contributed by atoms with E-state index >= 15 is 0 Å². The molecule has 0 aromatic rings. The molecule has 4 nitrogen and oxygen atoms in total. The number of hydrogen-bond acceptors (Lipinski definition) is 3. The van der Waals surface area contributed by atoms with Crippen molar-refractivity contribution in [3.05, 3.63) is 0 Å². The molecule has 0 aliphatic carbocycles. The second-order valence-corrected chi connectivity index (χ2v) is 3.32. The molecule has 0 spiro atoms. The monoisotopic (exact) mass is 161 g/mol. The lowest BCUT2D eigenvalue weighted by molar-refractivity contribution is -0.136. The molecule has 3 N–H and O–H groups in total. The molecule has 0 heterocycles. The molecule has 0 aliphatic rings. The smallest absolute Gasteiger partial charge is 0.317 e. The van der Waals surface area contributed by atoms with Gasteiger partial charge in [0.25, 0.3) is 0 Å². The Morgan fingerprint density at radius 2 is 2.09 bits per heavy atom. The van der Waals surface area contributed by atoms with Gasteiger partial charge >= 0.3 is 5.97 Å². The first-order valence-electron chi connectivity index (χ1n) is 3.51. The SMILES string of the molecule is CC(C)(CO)CNCC(=O)O. The average Bonchev–Trinajstić information content (AvgIpc) is 1.87. The molecule has 0 saturated heterocycles. The Balaban J connectivity index is 3.45. The zero-order valence-corrected chi connectivity index (χ0v) is 6.92. The largest absolute Gasteiger partial charge is 0.480 e. The minimum absolute atomic E-state index is 0.0522. The fourth-order valence-electron chi connectivity index (χ4n) is 0.564. The van der Waals surface area contributed by atoms with Crippen molar-refractivity contribution in [2.45, 2.75) is 13.8 Å². The number of carbonyl (C=O) groups is 1. The normalized spacial score (nSPS) is 11.5. The van der Waals surface area contributed by atoms with Crippen LogP contribution in [0.1, 0.15) is 13.8 Å². The molecule has 0 amide bonds. The van der Waals surface area contributed by atoms with Gasteiger partial charge in [-0.05, 0) is 0 Å². The van der Waals surface area contributed by atoms with Gasteiger partial charge in [0.05, 0.1) is 6.54 Å². The molecule has 0 radical (unpaired) electrons. The van der Waals surface area contributed by atoms with Gasteiger partial charge < -0.3 is 15.5 Å². The zero-order chi connectivity index (χ0) is 8.91. The topological polar surface area (TPSA) is 69.6 Å². The Morgan fingerprint density at radius 1 is 1.55 bits per heavy atom.